The van der Waals surface area contributed by atoms with Gasteiger partial charge in [-0.05, 0) is 38.8 Å². The number of hydrogen-bond acceptors (Lipinski definition) is 5. The quantitative estimate of drug-likeness (QED) is 0.926. The Morgan fingerprint density at radius 2 is 2.00 bits per heavy atom. The highest BCUT2D eigenvalue weighted by Gasteiger charge is 2.34. The van der Waals surface area contributed by atoms with Gasteiger partial charge in [0.25, 0.3) is 0 Å². The molecule has 0 saturated carbocycles. The summed E-state index contributed by atoms with van der Waals surface area (Å²) in [6.07, 6.45) is 2.81. The van der Waals surface area contributed by atoms with E-state index in [-0.39, 0.29) is 6.04 Å². The summed E-state index contributed by atoms with van der Waals surface area (Å²) in [5.41, 5.74) is 3.22. The van der Waals surface area contributed by atoms with Crippen molar-refractivity contribution in [1.82, 2.24) is 24.5 Å². The molecule has 8 heteroatoms. The van der Waals surface area contributed by atoms with Crippen LogP contribution in [0, 0.1) is 13.8 Å². The molecule has 1 aliphatic heterocycles. The Kier molecular flexibility index (Phi) is 3.73. The Balaban J connectivity index is 2.03. The highest BCUT2D eigenvalue weighted by molar-refractivity contribution is 7.88. The minimum absolute atomic E-state index is 0.284. The van der Waals surface area contributed by atoms with Crippen LogP contribution in [0.3, 0.4) is 0 Å². The van der Waals surface area contributed by atoms with Crippen molar-refractivity contribution >= 4 is 10.0 Å². The fourth-order valence-electron chi connectivity index (χ4n) is 2.82. The standard InChI is InChI=1S/C14H19N5O2S/c1-9-7-11(12-8-10(2)17-18-12)16-14(15-9)13-5-4-6-19(13)22(3,20)21/h7-8,13H,4-6H2,1-3H3,(H,17,18)/t13-/m1/s1. The fraction of sp³-hybridized carbons (Fsp3) is 0.500. The summed E-state index contributed by atoms with van der Waals surface area (Å²) in [5, 5.41) is 7.11. The lowest BCUT2D eigenvalue weighted by molar-refractivity contribution is 0.386. The first-order valence-electron chi connectivity index (χ1n) is 7.19. The summed E-state index contributed by atoms with van der Waals surface area (Å²) < 4.78 is 25.3. The van der Waals surface area contributed by atoms with Gasteiger partial charge in [0, 0.05) is 17.9 Å². The molecule has 7 nitrogen and oxygen atoms in total. The first kappa shape index (κ1) is 15.1. The molecule has 0 unspecified atom stereocenters. The highest BCUT2D eigenvalue weighted by Crippen LogP contribution is 2.32. The summed E-state index contributed by atoms with van der Waals surface area (Å²) in [7, 11) is -3.25. The van der Waals surface area contributed by atoms with Gasteiger partial charge in [0.15, 0.2) is 0 Å². The molecule has 1 atom stereocenters. The zero-order valence-corrected chi connectivity index (χ0v) is 13.7. The third kappa shape index (κ3) is 2.89. The average molecular weight is 321 g/mol. The van der Waals surface area contributed by atoms with E-state index < -0.39 is 10.0 Å². The summed E-state index contributed by atoms with van der Waals surface area (Å²) in [5.74, 6) is 0.554. The molecular weight excluding hydrogens is 302 g/mol. The maximum Gasteiger partial charge on any atom is 0.211 e. The lowest BCUT2D eigenvalue weighted by atomic mass is 10.2. The SMILES string of the molecule is Cc1cc(-c2cc(C)[nH]n2)nc([C@H]2CCCN2S(C)(=O)=O)n1. The Morgan fingerprint density at radius 3 is 2.64 bits per heavy atom. The second-order valence-corrected chi connectivity index (χ2v) is 7.66. The minimum atomic E-state index is -3.25. The predicted octanol–water partition coefficient (Wildman–Crippen LogP) is 1.58. The number of nitrogens with zero attached hydrogens (tertiary/aromatic N) is 4. The summed E-state index contributed by atoms with van der Waals surface area (Å²) in [4.78, 5) is 9.02. The summed E-state index contributed by atoms with van der Waals surface area (Å²) in [6, 6.07) is 3.49. The van der Waals surface area contributed by atoms with Crippen molar-refractivity contribution in [3.63, 3.8) is 0 Å². The van der Waals surface area contributed by atoms with Crippen LogP contribution in [0.5, 0.6) is 0 Å². The van der Waals surface area contributed by atoms with E-state index in [1.54, 1.807) is 0 Å². The van der Waals surface area contributed by atoms with Crippen LogP contribution in [0.4, 0.5) is 0 Å². The van der Waals surface area contributed by atoms with E-state index >= 15 is 0 Å². The minimum Gasteiger partial charge on any atom is -0.282 e. The van der Waals surface area contributed by atoms with E-state index in [1.807, 2.05) is 26.0 Å². The maximum absolute atomic E-state index is 11.9. The van der Waals surface area contributed by atoms with Crippen molar-refractivity contribution in [2.45, 2.75) is 32.7 Å². The smallest absolute Gasteiger partial charge is 0.211 e. The van der Waals surface area contributed by atoms with Crippen molar-refractivity contribution in [2.75, 3.05) is 12.8 Å². The van der Waals surface area contributed by atoms with Gasteiger partial charge >= 0.3 is 0 Å². The van der Waals surface area contributed by atoms with Gasteiger partial charge in [-0.1, -0.05) is 0 Å². The van der Waals surface area contributed by atoms with Crippen LogP contribution < -0.4 is 0 Å². The molecular formula is C14H19N5O2S. The Morgan fingerprint density at radius 1 is 1.23 bits per heavy atom. The first-order valence-corrected chi connectivity index (χ1v) is 9.04. The van der Waals surface area contributed by atoms with Crippen molar-refractivity contribution in [2.24, 2.45) is 0 Å². The van der Waals surface area contributed by atoms with E-state index in [0.29, 0.717) is 18.1 Å². The predicted molar refractivity (Wildman–Crippen MR) is 82.6 cm³/mol. The molecule has 2 aromatic rings. The van der Waals surface area contributed by atoms with Gasteiger partial charge in [0.05, 0.1) is 18.0 Å². The van der Waals surface area contributed by atoms with Crippen LogP contribution in [0.25, 0.3) is 11.4 Å². The van der Waals surface area contributed by atoms with Crippen molar-refractivity contribution in [1.29, 1.82) is 0 Å². The number of hydrogen-bond donors (Lipinski definition) is 1. The molecule has 118 valence electrons. The summed E-state index contributed by atoms with van der Waals surface area (Å²) >= 11 is 0. The highest BCUT2D eigenvalue weighted by atomic mass is 32.2. The number of aromatic amines is 1. The molecule has 3 heterocycles. The zero-order valence-electron chi connectivity index (χ0n) is 12.9. The molecule has 0 bridgehead atoms. The third-order valence-electron chi connectivity index (χ3n) is 3.77. The van der Waals surface area contributed by atoms with Crippen molar-refractivity contribution in [3.05, 3.63) is 29.3 Å². The first-order chi connectivity index (χ1) is 10.3. The van der Waals surface area contributed by atoms with E-state index in [9.17, 15) is 8.42 Å². The van der Waals surface area contributed by atoms with Crippen LogP contribution in [-0.4, -0.2) is 45.7 Å². The maximum atomic E-state index is 11.9. The van der Waals surface area contributed by atoms with Crippen LogP contribution in [0.1, 0.15) is 36.1 Å². The van der Waals surface area contributed by atoms with Gasteiger partial charge in [-0.2, -0.15) is 9.40 Å². The van der Waals surface area contributed by atoms with Gasteiger partial charge in [0.2, 0.25) is 10.0 Å². The molecule has 1 saturated heterocycles. The van der Waals surface area contributed by atoms with Crippen LogP contribution >= 0.6 is 0 Å². The second-order valence-electron chi connectivity index (χ2n) is 5.72. The molecule has 0 spiro atoms. The van der Waals surface area contributed by atoms with Crippen molar-refractivity contribution < 1.29 is 8.42 Å². The van der Waals surface area contributed by atoms with Gasteiger partial charge < -0.3 is 0 Å². The molecule has 0 aromatic carbocycles. The lowest BCUT2D eigenvalue weighted by Gasteiger charge is -2.21. The molecule has 1 fully saturated rings. The molecule has 0 amide bonds. The number of sulfonamides is 1. The number of H-pyrrole nitrogens is 1. The Labute approximate surface area is 129 Å². The molecule has 3 rings (SSSR count). The number of aryl methyl sites for hydroxylation is 2. The fourth-order valence-corrected chi connectivity index (χ4v) is 3.94. The molecule has 0 radical (unpaired) electrons. The van der Waals surface area contributed by atoms with E-state index in [4.69, 9.17) is 0 Å². The number of nitrogens with one attached hydrogen (secondary N) is 1. The van der Waals surface area contributed by atoms with E-state index in [2.05, 4.69) is 20.2 Å². The number of aromatic nitrogens is 4. The van der Waals surface area contributed by atoms with Gasteiger partial charge in [-0.3, -0.25) is 5.10 Å². The number of rotatable bonds is 3. The topological polar surface area (TPSA) is 91.8 Å². The van der Waals surface area contributed by atoms with Gasteiger partial charge in [0.1, 0.15) is 11.5 Å². The Hall–Kier alpha value is -1.80. The summed E-state index contributed by atoms with van der Waals surface area (Å²) in [6.45, 7) is 4.33. The van der Waals surface area contributed by atoms with Crippen LogP contribution in [-0.2, 0) is 10.0 Å². The second kappa shape index (κ2) is 5.44. The van der Waals surface area contributed by atoms with E-state index in [0.717, 1.165) is 29.9 Å². The van der Waals surface area contributed by atoms with Crippen LogP contribution in [0.2, 0.25) is 0 Å². The zero-order chi connectivity index (χ0) is 15.9. The Bertz CT molecular complexity index is 799. The molecule has 1 N–H and O–H groups in total. The largest absolute Gasteiger partial charge is 0.282 e. The van der Waals surface area contributed by atoms with Crippen molar-refractivity contribution in [3.8, 4) is 11.4 Å². The third-order valence-corrected chi connectivity index (χ3v) is 5.06. The van der Waals surface area contributed by atoms with Gasteiger partial charge in [-0.25, -0.2) is 18.4 Å². The van der Waals surface area contributed by atoms with E-state index in [1.165, 1.54) is 10.6 Å². The molecule has 2 aromatic heterocycles. The average Bonchev–Trinajstić information content (AvgIpc) is 3.05. The molecule has 22 heavy (non-hydrogen) atoms. The normalized spacial score (nSPS) is 19.7. The molecule has 0 aliphatic carbocycles. The van der Waals surface area contributed by atoms with Gasteiger partial charge in [-0.15, -0.1) is 0 Å². The lowest BCUT2D eigenvalue weighted by Crippen LogP contribution is -2.30. The molecule has 1 aliphatic rings. The van der Waals surface area contributed by atoms with Crippen LogP contribution in [0.15, 0.2) is 12.1 Å². The monoisotopic (exact) mass is 321 g/mol.